The lowest BCUT2D eigenvalue weighted by Crippen LogP contribution is -2.21. The maximum Gasteiger partial charge on any atom is 0.149 e. The van der Waals surface area contributed by atoms with Crippen LogP contribution in [0.25, 0.3) is 0 Å². The van der Waals surface area contributed by atoms with Gasteiger partial charge in [-0.25, -0.2) is 8.78 Å². The van der Waals surface area contributed by atoms with Gasteiger partial charge in [0.25, 0.3) is 0 Å². The summed E-state index contributed by atoms with van der Waals surface area (Å²) in [6.45, 7) is 1.51. The van der Waals surface area contributed by atoms with Gasteiger partial charge >= 0.3 is 0 Å². The van der Waals surface area contributed by atoms with Crippen LogP contribution in [0.3, 0.4) is 0 Å². The van der Waals surface area contributed by atoms with Gasteiger partial charge in [0.2, 0.25) is 0 Å². The Kier molecular flexibility index (Phi) is 3.99. The van der Waals surface area contributed by atoms with E-state index >= 15 is 0 Å². The average Bonchev–Trinajstić information content (AvgIpc) is 2.22. The van der Waals surface area contributed by atoms with Crippen molar-refractivity contribution in [1.29, 1.82) is 0 Å². The Morgan fingerprint density at radius 3 is 2.33 bits per heavy atom. The van der Waals surface area contributed by atoms with Crippen molar-refractivity contribution in [3.05, 3.63) is 29.3 Å². The van der Waals surface area contributed by atoms with Crippen LogP contribution in [0.4, 0.5) is 14.5 Å². The average molecular weight is 216 g/mol. The summed E-state index contributed by atoms with van der Waals surface area (Å²) < 4.78 is 26.7. The number of nitrogens with one attached hydrogen (secondary N) is 1. The highest BCUT2D eigenvalue weighted by atomic mass is 19.1. The second-order valence-corrected chi connectivity index (χ2v) is 3.37. The molecule has 0 radical (unpaired) electrons. The third kappa shape index (κ3) is 2.87. The van der Waals surface area contributed by atoms with Gasteiger partial charge in [0.05, 0.1) is 6.61 Å². The summed E-state index contributed by atoms with van der Waals surface area (Å²) in [7, 11) is 0. The molecule has 1 rings (SSSR count). The third-order valence-electron chi connectivity index (χ3n) is 2.00. The van der Waals surface area contributed by atoms with Crippen LogP contribution in [0.15, 0.2) is 12.1 Å². The molecule has 15 heavy (non-hydrogen) atoms. The molecule has 0 bridgehead atoms. The molecule has 0 fully saturated rings. The number of nitrogens with two attached hydrogens (primary N) is 1. The van der Waals surface area contributed by atoms with Crippen molar-refractivity contribution in [2.45, 2.75) is 19.5 Å². The van der Waals surface area contributed by atoms with E-state index in [0.717, 1.165) is 0 Å². The molecule has 0 amide bonds. The summed E-state index contributed by atoms with van der Waals surface area (Å²) in [6, 6.07) is 1.95. The highest BCUT2D eigenvalue weighted by molar-refractivity contribution is 5.48. The van der Waals surface area contributed by atoms with Gasteiger partial charge in [0.15, 0.2) is 0 Å². The summed E-state index contributed by atoms with van der Waals surface area (Å²) in [5.41, 5.74) is 5.44. The van der Waals surface area contributed by atoms with E-state index in [4.69, 9.17) is 10.8 Å². The van der Waals surface area contributed by atoms with Gasteiger partial charge in [-0.1, -0.05) is 0 Å². The summed E-state index contributed by atoms with van der Waals surface area (Å²) >= 11 is 0. The van der Waals surface area contributed by atoms with Crippen molar-refractivity contribution in [3.8, 4) is 0 Å². The van der Waals surface area contributed by atoms with E-state index in [-0.39, 0.29) is 18.8 Å². The van der Waals surface area contributed by atoms with E-state index in [0.29, 0.717) is 5.56 Å². The highest BCUT2D eigenvalue weighted by Gasteiger charge is 2.12. The van der Waals surface area contributed by atoms with Crippen molar-refractivity contribution >= 4 is 5.69 Å². The van der Waals surface area contributed by atoms with E-state index in [9.17, 15) is 8.78 Å². The molecule has 0 aromatic heterocycles. The van der Waals surface area contributed by atoms with Crippen molar-refractivity contribution in [2.75, 3.05) is 11.9 Å². The Morgan fingerprint density at radius 1 is 1.40 bits per heavy atom. The number of rotatable bonds is 4. The van der Waals surface area contributed by atoms with Crippen LogP contribution in [0.2, 0.25) is 0 Å². The number of benzene rings is 1. The molecule has 3 nitrogen and oxygen atoms in total. The molecule has 4 N–H and O–H groups in total. The standard InChI is InChI=1S/C10H14F2N2O/c1-6(5-15)14-10-8(11)2-7(4-13)3-9(10)12/h2-3,6,14-15H,4-5,13H2,1H3. The summed E-state index contributed by atoms with van der Waals surface area (Å²) in [5, 5.41) is 11.3. The summed E-state index contributed by atoms with van der Waals surface area (Å²) in [4.78, 5) is 0. The number of halogens is 2. The molecule has 0 heterocycles. The van der Waals surface area contributed by atoms with Gasteiger partial charge in [0.1, 0.15) is 17.3 Å². The Labute approximate surface area is 86.9 Å². The van der Waals surface area contributed by atoms with Crippen LogP contribution in [-0.4, -0.2) is 17.8 Å². The van der Waals surface area contributed by atoms with Gasteiger partial charge < -0.3 is 16.2 Å². The molecule has 0 saturated heterocycles. The smallest absolute Gasteiger partial charge is 0.149 e. The van der Waals surface area contributed by atoms with Gasteiger partial charge in [-0.05, 0) is 24.6 Å². The molecule has 1 aromatic carbocycles. The SMILES string of the molecule is CC(CO)Nc1c(F)cc(CN)cc1F. The summed E-state index contributed by atoms with van der Waals surface area (Å²) in [5.74, 6) is -1.40. The zero-order valence-corrected chi connectivity index (χ0v) is 8.43. The number of aliphatic hydroxyl groups is 1. The first-order valence-electron chi connectivity index (χ1n) is 4.63. The second kappa shape index (κ2) is 5.04. The Morgan fingerprint density at radius 2 is 1.93 bits per heavy atom. The van der Waals surface area contributed by atoms with E-state index in [2.05, 4.69) is 5.32 Å². The lowest BCUT2D eigenvalue weighted by Gasteiger charge is -2.14. The van der Waals surface area contributed by atoms with Gasteiger partial charge in [0, 0.05) is 12.6 Å². The molecular formula is C10H14F2N2O. The molecule has 0 spiro atoms. The first kappa shape index (κ1) is 11.9. The first-order valence-corrected chi connectivity index (χ1v) is 4.63. The minimum atomic E-state index is -0.698. The quantitative estimate of drug-likeness (QED) is 0.709. The molecular weight excluding hydrogens is 202 g/mol. The fraction of sp³-hybridized carbons (Fsp3) is 0.400. The van der Waals surface area contributed by atoms with Crippen molar-refractivity contribution in [1.82, 2.24) is 0 Å². The van der Waals surface area contributed by atoms with Crippen LogP contribution in [0.1, 0.15) is 12.5 Å². The van der Waals surface area contributed by atoms with Crippen LogP contribution < -0.4 is 11.1 Å². The third-order valence-corrected chi connectivity index (χ3v) is 2.00. The molecule has 1 unspecified atom stereocenters. The van der Waals surface area contributed by atoms with Crippen LogP contribution in [0.5, 0.6) is 0 Å². The van der Waals surface area contributed by atoms with Crippen LogP contribution >= 0.6 is 0 Å². The van der Waals surface area contributed by atoms with Gasteiger partial charge in [-0.15, -0.1) is 0 Å². The van der Waals surface area contributed by atoms with Crippen LogP contribution in [0, 0.1) is 11.6 Å². The highest BCUT2D eigenvalue weighted by Crippen LogP contribution is 2.21. The van der Waals surface area contributed by atoms with Gasteiger partial charge in [-0.2, -0.15) is 0 Å². The fourth-order valence-corrected chi connectivity index (χ4v) is 1.17. The number of anilines is 1. The van der Waals surface area contributed by atoms with E-state index in [1.54, 1.807) is 6.92 Å². The maximum absolute atomic E-state index is 13.4. The topological polar surface area (TPSA) is 58.3 Å². The molecule has 84 valence electrons. The summed E-state index contributed by atoms with van der Waals surface area (Å²) in [6.07, 6.45) is 0. The lowest BCUT2D eigenvalue weighted by molar-refractivity contribution is 0.281. The molecule has 1 aromatic rings. The van der Waals surface area contributed by atoms with Crippen molar-refractivity contribution in [2.24, 2.45) is 5.73 Å². The maximum atomic E-state index is 13.4. The van der Waals surface area contributed by atoms with E-state index in [1.807, 2.05) is 0 Å². The molecule has 0 aliphatic heterocycles. The fourth-order valence-electron chi connectivity index (χ4n) is 1.17. The number of hydrogen-bond acceptors (Lipinski definition) is 3. The van der Waals surface area contributed by atoms with Crippen LogP contribution in [-0.2, 0) is 6.54 Å². The van der Waals surface area contributed by atoms with Gasteiger partial charge in [-0.3, -0.25) is 0 Å². The Bertz CT molecular complexity index is 321. The first-order chi connectivity index (χ1) is 7.08. The minimum Gasteiger partial charge on any atom is -0.394 e. The Hall–Kier alpha value is -1.20. The molecule has 1 atom stereocenters. The lowest BCUT2D eigenvalue weighted by atomic mass is 10.1. The molecule has 0 saturated carbocycles. The monoisotopic (exact) mass is 216 g/mol. The number of aliphatic hydroxyl groups excluding tert-OH is 1. The second-order valence-electron chi connectivity index (χ2n) is 3.37. The molecule has 5 heteroatoms. The Balaban J connectivity index is 2.98. The normalized spacial score (nSPS) is 12.6. The number of hydrogen-bond donors (Lipinski definition) is 3. The van der Waals surface area contributed by atoms with Crippen molar-refractivity contribution in [3.63, 3.8) is 0 Å². The predicted octanol–water partition coefficient (Wildman–Crippen LogP) is 1.22. The predicted molar refractivity (Wildman–Crippen MR) is 54.4 cm³/mol. The minimum absolute atomic E-state index is 0.0870. The van der Waals surface area contributed by atoms with E-state index < -0.39 is 17.7 Å². The largest absolute Gasteiger partial charge is 0.394 e. The zero-order chi connectivity index (χ0) is 11.4. The molecule has 0 aliphatic carbocycles. The molecule has 0 aliphatic rings. The van der Waals surface area contributed by atoms with E-state index in [1.165, 1.54) is 12.1 Å². The zero-order valence-electron chi connectivity index (χ0n) is 8.43. The van der Waals surface area contributed by atoms with Crippen molar-refractivity contribution < 1.29 is 13.9 Å².